The van der Waals surface area contributed by atoms with Crippen molar-refractivity contribution in [1.82, 2.24) is 10.2 Å². The molecule has 1 aliphatic heterocycles. The summed E-state index contributed by atoms with van der Waals surface area (Å²) in [6.07, 6.45) is 7.24. The van der Waals surface area contributed by atoms with Gasteiger partial charge in [-0.2, -0.15) is 0 Å². The van der Waals surface area contributed by atoms with Gasteiger partial charge in [-0.3, -0.25) is 0 Å². The first-order valence-corrected chi connectivity index (χ1v) is 8.58. The molecule has 1 aliphatic carbocycles. The zero-order valence-electron chi connectivity index (χ0n) is 14.2. The molecule has 2 rings (SSSR count). The number of nitrogens with one attached hydrogen (secondary N) is 1. The fourth-order valence-electron chi connectivity index (χ4n) is 3.07. The lowest BCUT2D eigenvalue weighted by molar-refractivity contribution is 0.0214. The largest absolute Gasteiger partial charge is 0.444 e. The number of amides is 1. The lowest BCUT2D eigenvalue weighted by Crippen LogP contribution is -2.42. The van der Waals surface area contributed by atoms with E-state index in [0.29, 0.717) is 12.1 Å². The third kappa shape index (κ3) is 5.85. The third-order valence-electron chi connectivity index (χ3n) is 4.37. The van der Waals surface area contributed by atoms with Crippen LogP contribution in [0.15, 0.2) is 0 Å². The molecule has 1 saturated carbocycles. The minimum atomic E-state index is -0.404. The highest BCUT2D eigenvalue weighted by molar-refractivity contribution is 5.68. The van der Waals surface area contributed by atoms with Crippen molar-refractivity contribution in [3.8, 4) is 0 Å². The maximum absolute atomic E-state index is 12.2. The number of rotatable bonds is 6. The van der Waals surface area contributed by atoms with E-state index in [1.54, 1.807) is 0 Å². The van der Waals surface area contributed by atoms with E-state index in [0.717, 1.165) is 38.3 Å². The summed E-state index contributed by atoms with van der Waals surface area (Å²) in [6.45, 7) is 9.98. The predicted octanol–water partition coefficient (Wildman–Crippen LogP) is 3.55. The van der Waals surface area contributed by atoms with Gasteiger partial charge in [-0.1, -0.05) is 12.8 Å². The summed E-state index contributed by atoms with van der Waals surface area (Å²) in [7, 11) is 0. The van der Waals surface area contributed by atoms with Crippen molar-refractivity contribution in [2.24, 2.45) is 5.92 Å². The number of hydrogen-bond acceptors (Lipinski definition) is 3. The number of carbonyl (C=O) groups excluding carboxylic acids is 1. The molecule has 4 heteroatoms. The summed E-state index contributed by atoms with van der Waals surface area (Å²) in [4.78, 5) is 14.2. The van der Waals surface area contributed by atoms with Crippen LogP contribution in [0.5, 0.6) is 0 Å². The Bertz CT molecular complexity index is 347. The van der Waals surface area contributed by atoms with Gasteiger partial charge >= 0.3 is 6.09 Å². The number of carbonyl (C=O) groups is 1. The minimum absolute atomic E-state index is 0.143. The average Bonchev–Trinajstić information content (AvgIpc) is 3.05. The molecule has 1 saturated heterocycles. The molecule has 0 spiro atoms. The zero-order chi connectivity index (χ0) is 15.5. The minimum Gasteiger partial charge on any atom is -0.444 e. The second-order valence-corrected chi connectivity index (χ2v) is 7.79. The molecule has 4 nitrogen and oxygen atoms in total. The van der Waals surface area contributed by atoms with Crippen LogP contribution in [-0.4, -0.2) is 41.8 Å². The Balaban J connectivity index is 1.73. The highest BCUT2D eigenvalue weighted by Gasteiger charge is 2.32. The lowest BCUT2D eigenvalue weighted by Gasteiger charge is -2.30. The van der Waals surface area contributed by atoms with Gasteiger partial charge in [0.05, 0.1) is 0 Å². The van der Waals surface area contributed by atoms with E-state index in [2.05, 4.69) is 12.2 Å². The molecule has 2 fully saturated rings. The Morgan fingerprint density at radius 2 is 2.05 bits per heavy atom. The first kappa shape index (κ1) is 16.6. The van der Waals surface area contributed by atoms with Crippen LogP contribution in [0.1, 0.15) is 66.2 Å². The molecule has 2 aliphatic rings. The van der Waals surface area contributed by atoms with Crippen molar-refractivity contribution in [3.63, 3.8) is 0 Å². The van der Waals surface area contributed by atoms with Gasteiger partial charge in [-0.15, -0.1) is 0 Å². The van der Waals surface area contributed by atoms with Gasteiger partial charge < -0.3 is 15.0 Å². The van der Waals surface area contributed by atoms with Crippen molar-refractivity contribution < 1.29 is 9.53 Å². The molecule has 1 heterocycles. The molecular formula is C17H32N2O2. The molecule has 2 unspecified atom stereocenters. The summed E-state index contributed by atoms with van der Waals surface area (Å²) in [5.41, 5.74) is -0.404. The average molecular weight is 296 g/mol. The van der Waals surface area contributed by atoms with Crippen molar-refractivity contribution in [2.45, 2.75) is 83.9 Å². The summed E-state index contributed by atoms with van der Waals surface area (Å²) < 4.78 is 5.52. The highest BCUT2D eigenvalue weighted by atomic mass is 16.6. The van der Waals surface area contributed by atoms with E-state index in [9.17, 15) is 4.79 Å². The Kier molecular flexibility index (Phi) is 5.53. The van der Waals surface area contributed by atoms with E-state index in [1.165, 1.54) is 19.3 Å². The Labute approximate surface area is 129 Å². The Hall–Kier alpha value is -0.770. The van der Waals surface area contributed by atoms with Crippen LogP contribution in [0.3, 0.4) is 0 Å². The van der Waals surface area contributed by atoms with Gasteiger partial charge in [-0.05, 0) is 65.8 Å². The SMILES string of the molecule is CC(CC1CCCN1C(=O)OC(C)(C)C)NCCC1CC1. The van der Waals surface area contributed by atoms with Crippen LogP contribution < -0.4 is 5.32 Å². The quantitative estimate of drug-likeness (QED) is 0.815. The van der Waals surface area contributed by atoms with Crippen LogP contribution >= 0.6 is 0 Å². The zero-order valence-corrected chi connectivity index (χ0v) is 14.2. The topological polar surface area (TPSA) is 41.6 Å². The van der Waals surface area contributed by atoms with Crippen molar-refractivity contribution >= 4 is 6.09 Å². The molecule has 0 aromatic carbocycles. The van der Waals surface area contributed by atoms with Crippen LogP contribution in [-0.2, 0) is 4.74 Å². The van der Waals surface area contributed by atoms with Crippen LogP contribution in [0.4, 0.5) is 4.79 Å². The van der Waals surface area contributed by atoms with Gasteiger partial charge in [0.2, 0.25) is 0 Å². The van der Waals surface area contributed by atoms with E-state index in [-0.39, 0.29) is 6.09 Å². The van der Waals surface area contributed by atoms with Crippen LogP contribution in [0.25, 0.3) is 0 Å². The smallest absolute Gasteiger partial charge is 0.410 e. The van der Waals surface area contributed by atoms with E-state index in [4.69, 9.17) is 4.74 Å². The molecular weight excluding hydrogens is 264 g/mol. The van der Waals surface area contributed by atoms with Crippen LogP contribution in [0.2, 0.25) is 0 Å². The summed E-state index contributed by atoms with van der Waals surface area (Å²) in [5.74, 6) is 0.981. The first-order chi connectivity index (χ1) is 9.85. The molecule has 122 valence electrons. The van der Waals surface area contributed by atoms with E-state index in [1.807, 2.05) is 25.7 Å². The summed E-state index contributed by atoms with van der Waals surface area (Å²) in [5, 5.41) is 3.61. The molecule has 1 amide bonds. The fraction of sp³-hybridized carbons (Fsp3) is 0.941. The maximum Gasteiger partial charge on any atom is 0.410 e. The molecule has 0 aromatic rings. The van der Waals surface area contributed by atoms with Crippen LogP contribution in [0, 0.1) is 5.92 Å². The number of likely N-dealkylation sites (tertiary alicyclic amines) is 1. The number of hydrogen-bond donors (Lipinski definition) is 1. The summed E-state index contributed by atoms with van der Waals surface area (Å²) >= 11 is 0. The van der Waals surface area contributed by atoms with Gasteiger partial charge in [0.25, 0.3) is 0 Å². The van der Waals surface area contributed by atoms with E-state index < -0.39 is 5.60 Å². The Morgan fingerprint density at radius 3 is 2.67 bits per heavy atom. The first-order valence-electron chi connectivity index (χ1n) is 8.58. The molecule has 0 bridgehead atoms. The highest BCUT2D eigenvalue weighted by Crippen LogP contribution is 2.31. The molecule has 2 atom stereocenters. The molecule has 21 heavy (non-hydrogen) atoms. The standard InChI is InChI=1S/C17H32N2O2/c1-13(18-10-9-14-7-8-14)12-15-6-5-11-19(15)16(20)21-17(2,3)4/h13-15,18H,5-12H2,1-4H3. The second kappa shape index (κ2) is 6.99. The van der Waals surface area contributed by atoms with Crippen molar-refractivity contribution in [3.05, 3.63) is 0 Å². The Morgan fingerprint density at radius 1 is 1.33 bits per heavy atom. The third-order valence-corrected chi connectivity index (χ3v) is 4.37. The lowest BCUT2D eigenvalue weighted by atomic mass is 10.1. The molecule has 1 N–H and O–H groups in total. The molecule has 0 radical (unpaired) electrons. The van der Waals surface area contributed by atoms with Gasteiger partial charge in [-0.25, -0.2) is 4.79 Å². The fourth-order valence-corrected chi connectivity index (χ4v) is 3.07. The predicted molar refractivity (Wildman–Crippen MR) is 85.4 cm³/mol. The monoisotopic (exact) mass is 296 g/mol. The van der Waals surface area contributed by atoms with Gasteiger partial charge in [0.1, 0.15) is 5.60 Å². The maximum atomic E-state index is 12.2. The van der Waals surface area contributed by atoms with Gasteiger partial charge in [0.15, 0.2) is 0 Å². The van der Waals surface area contributed by atoms with Crippen molar-refractivity contribution in [2.75, 3.05) is 13.1 Å². The van der Waals surface area contributed by atoms with Crippen molar-refractivity contribution in [1.29, 1.82) is 0 Å². The second-order valence-electron chi connectivity index (χ2n) is 7.79. The number of nitrogens with zero attached hydrogens (tertiary/aromatic N) is 1. The number of ether oxygens (including phenoxy) is 1. The summed E-state index contributed by atoms with van der Waals surface area (Å²) in [6, 6.07) is 0.806. The van der Waals surface area contributed by atoms with Gasteiger partial charge in [0, 0.05) is 18.6 Å². The van der Waals surface area contributed by atoms with E-state index >= 15 is 0 Å². The normalized spacial score (nSPS) is 24.2. The molecule has 0 aromatic heterocycles.